The number of rotatable bonds is 4. The summed E-state index contributed by atoms with van der Waals surface area (Å²) in [6.07, 6.45) is 2.78. The van der Waals surface area contributed by atoms with Gasteiger partial charge in [-0.05, 0) is 41.3 Å². The number of hydrogen-bond acceptors (Lipinski definition) is 4. The lowest BCUT2D eigenvalue weighted by Gasteiger charge is -2.07. The molecule has 4 heteroatoms. The molecule has 0 saturated heterocycles. The van der Waals surface area contributed by atoms with Crippen LogP contribution in [0, 0.1) is 17.2 Å². The summed E-state index contributed by atoms with van der Waals surface area (Å²) in [5, 5.41) is 9.09. The predicted molar refractivity (Wildman–Crippen MR) is 105 cm³/mol. The Kier molecular flexibility index (Phi) is 4.99. The number of aliphatic imine (C=N–C) groups is 1. The van der Waals surface area contributed by atoms with Crippen LogP contribution in [0.15, 0.2) is 53.0 Å². The Bertz CT molecular complexity index is 962. The van der Waals surface area contributed by atoms with Gasteiger partial charge in [-0.2, -0.15) is 5.26 Å². The first-order chi connectivity index (χ1) is 12.5. The summed E-state index contributed by atoms with van der Waals surface area (Å²) >= 11 is 0. The van der Waals surface area contributed by atoms with Gasteiger partial charge < -0.3 is 5.73 Å². The lowest BCUT2D eigenvalue weighted by atomic mass is 9.96. The number of hydrogen-bond donors (Lipinski definition) is 1. The van der Waals surface area contributed by atoms with Crippen molar-refractivity contribution in [3.63, 3.8) is 0 Å². The third-order valence-electron chi connectivity index (χ3n) is 4.27. The molecule has 0 fully saturated rings. The average molecular weight is 343 g/mol. The molecule has 2 N–H and O–H groups in total. The Labute approximate surface area is 153 Å². The van der Waals surface area contributed by atoms with Gasteiger partial charge in [0.05, 0.1) is 17.3 Å². The number of amidine groups is 1. The third-order valence-corrected chi connectivity index (χ3v) is 4.27. The molecule has 0 aliphatic carbocycles. The van der Waals surface area contributed by atoms with Crippen molar-refractivity contribution in [3.8, 4) is 17.2 Å². The van der Waals surface area contributed by atoms with Crippen LogP contribution in [0.4, 0.5) is 5.69 Å². The maximum atomic E-state index is 12.5. The molecule has 0 atom stereocenters. The van der Waals surface area contributed by atoms with E-state index in [1.807, 2.05) is 56.3 Å². The molecule has 4 nitrogen and oxygen atoms in total. The van der Waals surface area contributed by atoms with Gasteiger partial charge in [0.15, 0.2) is 5.78 Å². The molecule has 2 aromatic rings. The summed E-state index contributed by atoms with van der Waals surface area (Å²) in [6.45, 7) is 4.06. The molecule has 2 aromatic carbocycles. The SMILES string of the molecule is CC(C)CC(=O)C1=Cc2ccc(-c3cccc(C#N)c3)cc2N=C(N)C1. The second kappa shape index (κ2) is 7.37. The number of nitrogens with zero attached hydrogens (tertiary/aromatic N) is 2. The van der Waals surface area contributed by atoms with Crippen molar-refractivity contribution in [2.75, 3.05) is 0 Å². The van der Waals surface area contributed by atoms with Crippen molar-refractivity contribution in [3.05, 3.63) is 59.2 Å². The maximum Gasteiger partial charge on any atom is 0.159 e. The quantitative estimate of drug-likeness (QED) is 0.880. The summed E-state index contributed by atoms with van der Waals surface area (Å²) in [5.74, 6) is 0.867. The summed E-state index contributed by atoms with van der Waals surface area (Å²) in [7, 11) is 0. The van der Waals surface area contributed by atoms with Crippen molar-refractivity contribution < 1.29 is 4.79 Å². The minimum Gasteiger partial charge on any atom is -0.387 e. The van der Waals surface area contributed by atoms with Crippen molar-refractivity contribution in [1.82, 2.24) is 0 Å². The van der Waals surface area contributed by atoms with E-state index < -0.39 is 0 Å². The predicted octanol–water partition coefficient (Wildman–Crippen LogP) is 4.62. The summed E-state index contributed by atoms with van der Waals surface area (Å²) in [4.78, 5) is 17.0. The van der Waals surface area contributed by atoms with Crippen LogP contribution in [0.25, 0.3) is 17.2 Å². The molecule has 1 aliphatic rings. The molecule has 0 unspecified atom stereocenters. The van der Waals surface area contributed by atoms with E-state index >= 15 is 0 Å². The van der Waals surface area contributed by atoms with Gasteiger partial charge in [0, 0.05) is 24.0 Å². The van der Waals surface area contributed by atoms with Gasteiger partial charge in [0.1, 0.15) is 5.84 Å². The number of carbonyl (C=O) groups is 1. The molecule has 0 radical (unpaired) electrons. The van der Waals surface area contributed by atoms with E-state index in [1.54, 1.807) is 6.07 Å². The average Bonchev–Trinajstić information content (AvgIpc) is 2.78. The second-order valence-corrected chi connectivity index (χ2v) is 6.94. The van der Waals surface area contributed by atoms with Crippen molar-refractivity contribution in [1.29, 1.82) is 5.26 Å². The third kappa shape index (κ3) is 3.89. The highest BCUT2D eigenvalue weighted by atomic mass is 16.1. The fraction of sp³-hybridized carbons (Fsp3) is 0.227. The Morgan fingerprint density at radius 1 is 1.23 bits per heavy atom. The standard InChI is InChI=1S/C22H21N3O/c1-14(2)8-21(26)19-10-18-7-6-17(11-20(18)25-22(24)12-19)16-5-3-4-15(9-16)13-23/h3-7,9-11,14H,8,12H2,1-2H3,(H2,24,25). The summed E-state index contributed by atoms with van der Waals surface area (Å²) < 4.78 is 0. The summed E-state index contributed by atoms with van der Waals surface area (Å²) in [6, 6.07) is 15.5. The molecule has 1 heterocycles. The van der Waals surface area contributed by atoms with Crippen molar-refractivity contribution >= 4 is 23.4 Å². The fourth-order valence-electron chi connectivity index (χ4n) is 3.02. The van der Waals surface area contributed by atoms with Crippen molar-refractivity contribution in [2.24, 2.45) is 16.6 Å². The number of ketones is 1. The second-order valence-electron chi connectivity index (χ2n) is 6.94. The van der Waals surface area contributed by atoms with Gasteiger partial charge in [0.25, 0.3) is 0 Å². The largest absolute Gasteiger partial charge is 0.387 e. The summed E-state index contributed by atoms with van der Waals surface area (Å²) in [5.41, 5.74) is 10.9. The van der Waals surface area contributed by atoms with E-state index in [9.17, 15) is 4.79 Å². The molecule has 0 bridgehead atoms. The van der Waals surface area contributed by atoms with Crippen molar-refractivity contribution in [2.45, 2.75) is 26.7 Å². The van der Waals surface area contributed by atoms with E-state index in [-0.39, 0.29) is 5.78 Å². The van der Waals surface area contributed by atoms with Crippen LogP contribution >= 0.6 is 0 Å². The Hall–Kier alpha value is -3.19. The molecule has 1 aliphatic heterocycles. The number of benzene rings is 2. The minimum absolute atomic E-state index is 0.122. The molecule has 26 heavy (non-hydrogen) atoms. The first-order valence-electron chi connectivity index (χ1n) is 8.67. The lowest BCUT2D eigenvalue weighted by molar-refractivity contribution is -0.116. The van der Waals surface area contributed by atoms with Gasteiger partial charge >= 0.3 is 0 Å². The molecular weight excluding hydrogens is 322 g/mol. The fourth-order valence-corrected chi connectivity index (χ4v) is 3.02. The lowest BCUT2D eigenvalue weighted by Crippen LogP contribution is -2.15. The van der Waals surface area contributed by atoms with Gasteiger partial charge in [0.2, 0.25) is 0 Å². The van der Waals surface area contributed by atoms with Crippen LogP contribution in [0.1, 0.15) is 37.8 Å². The maximum absolute atomic E-state index is 12.5. The molecule has 0 amide bonds. The molecular formula is C22H21N3O. The molecule has 3 rings (SSSR count). The topological polar surface area (TPSA) is 79.2 Å². The highest BCUT2D eigenvalue weighted by Gasteiger charge is 2.17. The van der Waals surface area contributed by atoms with Crippen LogP contribution < -0.4 is 5.73 Å². The van der Waals surface area contributed by atoms with E-state index in [0.29, 0.717) is 35.7 Å². The van der Waals surface area contributed by atoms with E-state index in [1.165, 1.54) is 0 Å². The zero-order valence-electron chi connectivity index (χ0n) is 15.0. The first-order valence-corrected chi connectivity index (χ1v) is 8.67. The number of nitriles is 1. The van der Waals surface area contributed by atoms with Crippen LogP contribution in [-0.2, 0) is 4.79 Å². The van der Waals surface area contributed by atoms with E-state index in [2.05, 4.69) is 11.1 Å². The number of fused-ring (bicyclic) bond motifs is 1. The first kappa shape index (κ1) is 17.6. The van der Waals surface area contributed by atoms with E-state index in [4.69, 9.17) is 11.0 Å². The Morgan fingerprint density at radius 2 is 2.00 bits per heavy atom. The van der Waals surface area contributed by atoms with Crippen LogP contribution in [-0.4, -0.2) is 11.6 Å². The van der Waals surface area contributed by atoms with Crippen LogP contribution in [0.5, 0.6) is 0 Å². The molecule has 0 saturated carbocycles. The zero-order valence-corrected chi connectivity index (χ0v) is 15.0. The highest BCUT2D eigenvalue weighted by molar-refractivity contribution is 6.06. The zero-order chi connectivity index (χ0) is 18.7. The van der Waals surface area contributed by atoms with Gasteiger partial charge in [-0.15, -0.1) is 0 Å². The molecule has 0 aromatic heterocycles. The monoisotopic (exact) mass is 343 g/mol. The van der Waals surface area contributed by atoms with Gasteiger partial charge in [-0.3, -0.25) is 4.79 Å². The van der Waals surface area contributed by atoms with Crippen LogP contribution in [0.2, 0.25) is 0 Å². The number of carbonyl (C=O) groups excluding carboxylic acids is 1. The smallest absolute Gasteiger partial charge is 0.159 e. The van der Waals surface area contributed by atoms with Gasteiger partial charge in [-0.1, -0.05) is 38.1 Å². The molecule has 0 spiro atoms. The highest BCUT2D eigenvalue weighted by Crippen LogP contribution is 2.32. The van der Waals surface area contributed by atoms with Gasteiger partial charge in [-0.25, -0.2) is 4.99 Å². The van der Waals surface area contributed by atoms with Crippen LogP contribution in [0.3, 0.4) is 0 Å². The molecule has 130 valence electrons. The van der Waals surface area contributed by atoms with E-state index in [0.717, 1.165) is 22.4 Å². The Balaban J connectivity index is 2.02. The number of Topliss-reactive ketones (excluding diaryl/α,β-unsaturated/α-hetero) is 1. The number of nitrogens with two attached hydrogens (primary N) is 1. The minimum atomic E-state index is 0.122. The Morgan fingerprint density at radius 3 is 2.73 bits per heavy atom. The normalized spacial score (nSPS) is 13.3.